The van der Waals surface area contributed by atoms with Crippen molar-refractivity contribution in [1.29, 1.82) is 0 Å². The Labute approximate surface area is 179 Å². The highest BCUT2D eigenvalue weighted by Crippen LogP contribution is 2.20. The van der Waals surface area contributed by atoms with Gasteiger partial charge in [0, 0.05) is 10.6 Å². The van der Waals surface area contributed by atoms with Crippen molar-refractivity contribution in [2.75, 3.05) is 6.61 Å². The van der Waals surface area contributed by atoms with E-state index in [1.54, 1.807) is 24.3 Å². The van der Waals surface area contributed by atoms with Crippen LogP contribution in [0.1, 0.15) is 26.3 Å². The number of esters is 1. The number of hydrogen-bond donors (Lipinski definition) is 0. The van der Waals surface area contributed by atoms with E-state index < -0.39 is 28.5 Å². The van der Waals surface area contributed by atoms with Crippen LogP contribution in [0.2, 0.25) is 5.02 Å². The first kappa shape index (κ1) is 21.5. The van der Waals surface area contributed by atoms with Crippen LogP contribution in [0.4, 0.5) is 0 Å². The minimum atomic E-state index is -3.98. The lowest BCUT2D eigenvalue weighted by molar-refractivity contribution is 0.0474. The van der Waals surface area contributed by atoms with Gasteiger partial charge in [-0.3, -0.25) is 4.79 Å². The van der Waals surface area contributed by atoms with E-state index >= 15 is 0 Å². The maximum Gasteiger partial charge on any atom is 0.339 e. The maximum atomic E-state index is 12.3. The van der Waals surface area contributed by atoms with E-state index in [-0.39, 0.29) is 21.8 Å². The molecule has 0 amide bonds. The highest BCUT2D eigenvalue weighted by molar-refractivity contribution is 7.87. The van der Waals surface area contributed by atoms with Crippen molar-refractivity contribution in [3.8, 4) is 5.75 Å². The molecule has 0 spiro atoms. The summed E-state index contributed by atoms with van der Waals surface area (Å²) in [5, 5.41) is 0.381. The van der Waals surface area contributed by atoms with Crippen LogP contribution >= 0.6 is 11.6 Å². The first-order valence-corrected chi connectivity index (χ1v) is 10.6. The Morgan fingerprint density at radius 1 is 0.900 bits per heavy atom. The molecule has 3 rings (SSSR count). The maximum absolute atomic E-state index is 12.3. The van der Waals surface area contributed by atoms with Gasteiger partial charge in [0.05, 0.1) is 5.56 Å². The summed E-state index contributed by atoms with van der Waals surface area (Å²) in [6.07, 6.45) is 0. The van der Waals surface area contributed by atoms with Gasteiger partial charge in [0.2, 0.25) is 0 Å². The predicted molar refractivity (Wildman–Crippen MR) is 111 cm³/mol. The number of carbonyl (C=O) groups is 2. The number of Topliss-reactive ketones (excluding diaryl/α,β-unsaturated/α-hetero) is 1. The Hall–Kier alpha value is -3.16. The first-order chi connectivity index (χ1) is 14.2. The van der Waals surface area contributed by atoms with Gasteiger partial charge in [-0.25, -0.2) is 4.79 Å². The quantitative estimate of drug-likeness (QED) is 0.304. The molecule has 8 heteroatoms. The number of hydrogen-bond acceptors (Lipinski definition) is 6. The molecule has 0 heterocycles. The van der Waals surface area contributed by atoms with Gasteiger partial charge >= 0.3 is 16.1 Å². The molecular formula is C22H17ClO6S. The van der Waals surface area contributed by atoms with E-state index in [2.05, 4.69) is 0 Å². The van der Waals surface area contributed by atoms with Gasteiger partial charge in [-0.1, -0.05) is 35.4 Å². The first-order valence-electron chi connectivity index (χ1n) is 8.82. The summed E-state index contributed by atoms with van der Waals surface area (Å²) in [5.41, 5.74) is 1.40. The van der Waals surface area contributed by atoms with Crippen molar-refractivity contribution in [3.05, 3.63) is 94.5 Å². The lowest BCUT2D eigenvalue weighted by Crippen LogP contribution is -2.14. The number of rotatable bonds is 7. The van der Waals surface area contributed by atoms with Crippen molar-refractivity contribution in [2.24, 2.45) is 0 Å². The van der Waals surface area contributed by atoms with Gasteiger partial charge in [0.15, 0.2) is 12.4 Å². The van der Waals surface area contributed by atoms with Gasteiger partial charge in [0.25, 0.3) is 0 Å². The van der Waals surface area contributed by atoms with Gasteiger partial charge in [-0.15, -0.1) is 0 Å². The van der Waals surface area contributed by atoms with Gasteiger partial charge in [0.1, 0.15) is 10.6 Å². The van der Waals surface area contributed by atoms with Crippen LogP contribution < -0.4 is 4.18 Å². The molecule has 0 saturated heterocycles. The van der Waals surface area contributed by atoms with Crippen molar-refractivity contribution in [3.63, 3.8) is 0 Å². The van der Waals surface area contributed by atoms with Crippen LogP contribution in [0.15, 0.2) is 77.7 Å². The zero-order valence-electron chi connectivity index (χ0n) is 15.9. The fourth-order valence-electron chi connectivity index (χ4n) is 2.49. The Kier molecular flexibility index (Phi) is 6.54. The summed E-state index contributed by atoms with van der Waals surface area (Å²) in [6, 6.07) is 17.9. The molecule has 3 aromatic rings. The molecule has 154 valence electrons. The van der Waals surface area contributed by atoms with Gasteiger partial charge < -0.3 is 8.92 Å². The summed E-state index contributed by atoms with van der Waals surface area (Å²) >= 11 is 5.82. The van der Waals surface area contributed by atoms with Gasteiger partial charge in [-0.05, 0) is 61.5 Å². The molecule has 0 saturated carbocycles. The van der Waals surface area contributed by atoms with E-state index in [1.807, 2.05) is 6.92 Å². The Balaban J connectivity index is 1.61. The molecule has 0 bridgehead atoms. The zero-order valence-corrected chi connectivity index (χ0v) is 17.4. The molecule has 6 nitrogen and oxygen atoms in total. The molecule has 0 aliphatic carbocycles. The molecule has 0 fully saturated rings. The fourth-order valence-corrected chi connectivity index (χ4v) is 3.61. The predicted octanol–water partition coefficient (Wildman–Crippen LogP) is 4.46. The molecule has 0 N–H and O–H groups in total. The molecule has 0 aromatic heterocycles. The minimum absolute atomic E-state index is 0.0289. The average molecular weight is 445 g/mol. The topological polar surface area (TPSA) is 86.7 Å². The Bertz CT molecular complexity index is 1170. The third kappa shape index (κ3) is 5.46. The minimum Gasteiger partial charge on any atom is -0.454 e. The third-order valence-corrected chi connectivity index (χ3v) is 5.58. The molecule has 0 aliphatic rings. The normalized spacial score (nSPS) is 11.0. The van der Waals surface area contributed by atoms with E-state index in [0.717, 1.165) is 5.56 Å². The molecular weight excluding hydrogens is 428 g/mol. The molecule has 0 atom stereocenters. The highest BCUT2D eigenvalue weighted by Gasteiger charge is 2.17. The fraction of sp³-hybridized carbons (Fsp3) is 0.0909. The number of ether oxygens (including phenoxy) is 1. The number of benzene rings is 3. The summed E-state index contributed by atoms with van der Waals surface area (Å²) in [7, 11) is -3.98. The van der Waals surface area contributed by atoms with Gasteiger partial charge in [-0.2, -0.15) is 8.42 Å². The van der Waals surface area contributed by atoms with E-state index in [4.69, 9.17) is 20.5 Å². The summed E-state index contributed by atoms with van der Waals surface area (Å²) < 4.78 is 34.7. The van der Waals surface area contributed by atoms with Crippen molar-refractivity contribution in [1.82, 2.24) is 0 Å². The SMILES string of the molecule is Cc1ccc(S(=O)(=O)Oc2ccc(C(=O)COC(=O)c3cccc(Cl)c3)cc2)cc1. The Morgan fingerprint density at radius 3 is 2.20 bits per heavy atom. The third-order valence-electron chi connectivity index (χ3n) is 4.09. The molecule has 0 radical (unpaired) electrons. The van der Waals surface area contributed by atoms with E-state index in [0.29, 0.717) is 5.02 Å². The van der Waals surface area contributed by atoms with Crippen LogP contribution in [0.3, 0.4) is 0 Å². The lowest BCUT2D eigenvalue weighted by atomic mass is 10.1. The second kappa shape index (κ2) is 9.11. The van der Waals surface area contributed by atoms with Crippen LogP contribution in [0, 0.1) is 6.92 Å². The van der Waals surface area contributed by atoms with E-state index in [1.165, 1.54) is 48.5 Å². The number of carbonyl (C=O) groups excluding carboxylic acids is 2. The molecule has 0 unspecified atom stereocenters. The summed E-state index contributed by atoms with van der Waals surface area (Å²) in [4.78, 5) is 24.2. The highest BCUT2D eigenvalue weighted by atomic mass is 35.5. The lowest BCUT2D eigenvalue weighted by Gasteiger charge is -2.08. The number of ketones is 1. The molecule has 3 aromatic carbocycles. The summed E-state index contributed by atoms with van der Waals surface area (Å²) in [5.74, 6) is -1.06. The standard InChI is InChI=1S/C22H17ClO6S/c1-15-5-11-20(12-6-15)30(26,27)29-19-9-7-16(8-10-19)21(24)14-28-22(25)17-3-2-4-18(23)13-17/h2-13H,14H2,1H3. The van der Waals surface area contributed by atoms with Crippen molar-refractivity contribution >= 4 is 33.5 Å². The second-order valence-electron chi connectivity index (χ2n) is 6.38. The van der Waals surface area contributed by atoms with Crippen molar-refractivity contribution in [2.45, 2.75) is 11.8 Å². The van der Waals surface area contributed by atoms with E-state index in [9.17, 15) is 18.0 Å². The van der Waals surface area contributed by atoms with Crippen LogP contribution in [0.5, 0.6) is 5.75 Å². The smallest absolute Gasteiger partial charge is 0.339 e. The van der Waals surface area contributed by atoms with Crippen LogP contribution in [-0.2, 0) is 14.9 Å². The molecule has 0 aliphatic heterocycles. The average Bonchev–Trinajstić information content (AvgIpc) is 2.72. The van der Waals surface area contributed by atoms with Crippen LogP contribution in [-0.4, -0.2) is 26.8 Å². The largest absolute Gasteiger partial charge is 0.454 e. The Morgan fingerprint density at radius 2 is 1.57 bits per heavy atom. The van der Waals surface area contributed by atoms with Crippen LogP contribution in [0.25, 0.3) is 0 Å². The summed E-state index contributed by atoms with van der Waals surface area (Å²) in [6.45, 7) is 1.38. The second-order valence-corrected chi connectivity index (χ2v) is 8.37. The number of aryl methyl sites for hydroxylation is 1. The zero-order chi connectivity index (χ0) is 21.7. The molecule has 30 heavy (non-hydrogen) atoms. The monoisotopic (exact) mass is 444 g/mol. The number of halogens is 1. The van der Waals surface area contributed by atoms with Crippen molar-refractivity contribution < 1.29 is 26.9 Å².